The highest BCUT2D eigenvalue weighted by Gasteiger charge is 2.28. The minimum Gasteiger partial charge on any atom is -0.480 e. The quantitative estimate of drug-likeness (QED) is 0.313. The molecule has 0 amide bonds. The van der Waals surface area contributed by atoms with E-state index in [0.717, 1.165) is 27.3 Å². The summed E-state index contributed by atoms with van der Waals surface area (Å²) in [5, 5.41) is 13.6. The van der Waals surface area contributed by atoms with Gasteiger partial charge in [0.05, 0.1) is 18.4 Å². The first kappa shape index (κ1) is 23.8. The van der Waals surface area contributed by atoms with Gasteiger partial charge in [-0.25, -0.2) is 9.51 Å². The number of hydrogen-bond donors (Lipinski definition) is 1. The lowest BCUT2D eigenvalue weighted by Gasteiger charge is -2.20. The Morgan fingerprint density at radius 1 is 1.09 bits per heavy atom. The van der Waals surface area contributed by atoms with E-state index in [9.17, 15) is 9.90 Å². The number of aromatic nitrogens is 2. The monoisotopic (exact) mass is 478 g/mol. The van der Waals surface area contributed by atoms with Crippen LogP contribution in [0.1, 0.15) is 36.6 Å². The molecule has 0 aliphatic rings. The molecule has 0 fully saturated rings. The molecule has 0 aliphatic heterocycles. The summed E-state index contributed by atoms with van der Waals surface area (Å²) in [5.41, 5.74) is 3.23. The van der Waals surface area contributed by atoms with Crippen LogP contribution in [0.15, 0.2) is 80.8 Å². The number of aromatic amines is 1. The molecule has 0 bridgehead atoms. The number of H-pyrrole nitrogens is 1. The topological polar surface area (TPSA) is 93.9 Å². The SMILES string of the molecule is Cc1cccc(-c2noc(CN(Cc3ccc(SC(C)(C)C(=O)O)cc3)Cc3ccco3)[nH+]2)c1. The standard InChI is InChI=1S/C26H27N3O4S/c1-18-6-4-7-20(14-18)24-27-23(33-28-24)17-29(16-21-8-5-13-32-21)15-19-9-11-22(12-10-19)34-26(2,3)25(30)31/h4-14H,15-17H2,1-3H3,(H,30,31)/p+1. The lowest BCUT2D eigenvalue weighted by Crippen LogP contribution is -2.27. The van der Waals surface area contributed by atoms with Gasteiger partial charge in [0.25, 0.3) is 0 Å². The minimum atomic E-state index is -0.885. The van der Waals surface area contributed by atoms with Gasteiger partial charge in [0.2, 0.25) is 0 Å². The van der Waals surface area contributed by atoms with Gasteiger partial charge in [0.1, 0.15) is 17.1 Å². The van der Waals surface area contributed by atoms with Crippen molar-refractivity contribution in [1.29, 1.82) is 0 Å². The number of aryl methyl sites for hydroxylation is 1. The molecule has 2 aromatic carbocycles. The fourth-order valence-electron chi connectivity index (χ4n) is 3.52. The van der Waals surface area contributed by atoms with E-state index < -0.39 is 10.7 Å². The molecule has 2 aromatic heterocycles. The van der Waals surface area contributed by atoms with E-state index in [1.54, 1.807) is 20.1 Å². The molecule has 34 heavy (non-hydrogen) atoms. The summed E-state index contributed by atoms with van der Waals surface area (Å²) < 4.78 is 10.3. The fourth-order valence-corrected chi connectivity index (χ4v) is 4.47. The van der Waals surface area contributed by atoms with E-state index in [-0.39, 0.29) is 0 Å². The molecule has 0 atom stereocenters. The van der Waals surface area contributed by atoms with E-state index in [1.165, 1.54) is 11.8 Å². The predicted molar refractivity (Wildman–Crippen MR) is 129 cm³/mol. The second-order valence-corrected chi connectivity index (χ2v) is 10.4. The lowest BCUT2D eigenvalue weighted by molar-refractivity contribution is -0.389. The Morgan fingerprint density at radius 2 is 1.88 bits per heavy atom. The maximum absolute atomic E-state index is 11.4. The van der Waals surface area contributed by atoms with Gasteiger partial charge in [-0.1, -0.05) is 29.8 Å². The maximum atomic E-state index is 11.4. The first-order chi connectivity index (χ1) is 16.3. The zero-order chi connectivity index (χ0) is 24.1. The van der Waals surface area contributed by atoms with Crippen LogP contribution < -0.4 is 4.98 Å². The first-order valence-electron chi connectivity index (χ1n) is 11.0. The molecule has 4 aromatic rings. The second-order valence-electron chi connectivity index (χ2n) is 8.73. The Morgan fingerprint density at radius 3 is 2.56 bits per heavy atom. The third-order valence-electron chi connectivity index (χ3n) is 5.34. The Bertz CT molecular complexity index is 1230. The molecule has 2 N–H and O–H groups in total. The molecule has 2 heterocycles. The van der Waals surface area contributed by atoms with Crippen LogP contribution in [0.25, 0.3) is 11.4 Å². The Labute approximate surface area is 202 Å². The number of carboxylic acid groups (broad SMARTS) is 1. The number of aliphatic carboxylic acids is 1. The highest BCUT2D eigenvalue weighted by molar-refractivity contribution is 8.01. The zero-order valence-electron chi connectivity index (χ0n) is 19.4. The summed E-state index contributed by atoms with van der Waals surface area (Å²) in [6.07, 6.45) is 1.67. The van der Waals surface area contributed by atoms with Gasteiger partial charge in [0, 0.05) is 11.4 Å². The molecule has 7 nitrogen and oxygen atoms in total. The number of carboxylic acids is 1. The van der Waals surface area contributed by atoms with Crippen molar-refractivity contribution in [3.05, 3.63) is 89.7 Å². The van der Waals surface area contributed by atoms with Crippen LogP contribution in [0, 0.1) is 6.92 Å². The van der Waals surface area contributed by atoms with Gasteiger partial charge in [-0.2, -0.15) is 0 Å². The highest BCUT2D eigenvalue weighted by Crippen LogP contribution is 2.32. The summed E-state index contributed by atoms with van der Waals surface area (Å²) in [4.78, 5) is 17.8. The molecule has 176 valence electrons. The van der Waals surface area contributed by atoms with Crippen molar-refractivity contribution < 1.29 is 23.8 Å². The van der Waals surface area contributed by atoms with Gasteiger partial charge in [-0.15, -0.1) is 11.8 Å². The molecule has 0 unspecified atom stereocenters. The van der Waals surface area contributed by atoms with Gasteiger partial charge in [-0.3, -0.25) is 9.69 Å². The Hall–Kier alpha value is -3.36. The zero-order valence-corrected chi connectivity index (χ0v) is 20.3. The molecule has 4 rings (SSSR count). The van der Waals surface area contributed by atoms with Crippen LogP contribution in [0.3, 0.4) is 0 Å². The molecular formula is C26H28N3O4S+. The molecule has 0 radical (unpaired) electrons. The van der Waals surface area contributed by atoms with E-state index in [2.05, 4.69) is 21.1 Å². The van der Waals surface area contributed by atoms with Crippen molar-refractivity contribution in [2.45, 2.75) is 50.0 Å². The fraction of sp³-hybridized carbons (Fsp3) is 0.269. The van der Waals surface area contributed by atoms with Crippen molar-refractivity contribution in [2.24, 2.45) is 0 Å². The number of furan rings is 1. The van der Waals surface area contributed by atoms with Gasteiger partial charge in [-0.05, 0) is 62.7 Å². The van der Waals surface area contributed by atoms with E-state index in [0.29, 0.717) is 31.3 Å². The van der Waals surface area contributed by atoms with Crippen LogP contribution in [0.2, 0.25) is 0 Å². The molecule has 0 aliphatic carbocycles. The predicted octanol–water partition coefficient (Wildman–Crippen LogP) is 5.21. The average molecular weight is 479 g/mol. The number of carbonyl (C=O) groups is 1. The van der Waals surface area contributed by atoms with Crippen molar-refractivity contribution in [1.82, 2.24) is 10.1 Å². The maximum Gasteiger partial charge on any atom is 0.378 e. The summed E-state index contributed by atoms with van der Waals surface area (Å²) in [5.74, 6) is 1.37. The summed E-state index contributed by atoms with van der Waals surface area (Å²) in [6.45, 7) is 7.23. The third kappa shape index (κ3) is 6.15. The van der Waals surface area contributed by atoms with E-state index >= 15 is 0 Å². The molecule has 8 heteroatoms. The van der Waals surface area contributed by atoms with Gasteiger partial charge < -0.3 is 9.52 Å². The highest BCUT2D eigenvalue weighted by atomic mass is 32.2. The van der Waals surface area contributed by atoms with Crippen LogP contribution >= 0.6 is 11.8 Å². The molecule has 0 saturated carbocycles. The van der Waals surface area contributed by atoms with E-state index in [1.807, 2.05) is 61.5 Å². The van der Waals surface area contributed by atoms with Crippen molar-refractivity contribution in [3.8, 4) is 11.4 Å². The van der Waals surface area contributed by atoms with Crippen LogP contribution in [-0.2, 0) is 24.4 Å². The Kier molecular flexibility index (Phi) is 7.19. The lowest BCUT2D eigenvalue weighted by atomic mass is 10.1. The number of hydrogen-bond acceptors (Lipinski definition) is 6. The summed E-state index contributed by atoms with van der Waals surface area (Å²) in [7, 11) is 0. The van der Waals surface area contributed by atoms with Crippen LogP contribution in [0.4, 0.5) is 0 Å². The molecule has 0 spiro atoms. The average Bonchev–Trinajstić information content (AvgIpc) is 3.47. The second kappa shape index (κ2) is 10.3. The number of benzene rings is 2. The third-order valence-corrected chi connectivity index (χ3v) is 6.53. The molecular weight excluding hydrogens is 450 g/mol. The first-order valence-corrected chi connectivity index (χ1v) is 11.8. The van der Waals surface area contributed by atoms with Crippen molar-refractivity contribution >= 4 is 17.7 Å². The number of nitrogens with zero attached hydrogens (tertiary/aromatic N) is 2. The van der Waals surface area contributed by atoms with Gasteiger partial charge in [0.15, 0.2) is 5.16 Å². The van der Waals surface area contributed by atoms with Crippen molar-refractivity contribution in [2.75, 3.05) is 0 Å². The summed E-state index contributed by atoms with van der Waals surface area (Å²) >= 11 is 1.33. The number of rotatable bonds is 10. The van der Waals surface area contributed by atoms with Crippen LogP contribution in [-0.4, -0.2) is 25.9 Å². The van der Waals surface area contributed by atoms with E-state index in [4.69, 9.17) is 8.94 Å². The molecule has 0 saturated heterocycles. The van der Waals surface area contributed by atoms with Crippen molar-refractivity contribution in [3.63, 3.8) is 0 Å². The normalized spacial score (nSPS) is 11.8. The number of nitrogens with one attached hydrogen (secondary N) is 1. The largest absolute Gasteiger partial charge is 0.480 e. The van der Waals surface area contributed by atoms with Crippen LogP contribution in [0.5, 0.6) is 0 Å². The summed E-state index contributed by atoms with van der Waals surface area (Å²) in [6, 6.07) is 19.9. The smallest absolute Gasteiger partial charge is 0.378 e. The minimum absolute atomic E-state index is 0.516. The van der Waals surface area contributed by atoms with Gasteiger partial charge >= 0.3 is 17.7 Å². The Balaban J connectivity index is 1.48. The number of thioether (sulfide) groups is 1.